The van der Waals surface area contributed by atoms with E-state index < -0.39 is 10.0 Å². The molecule has 0 atom stereocenters. The molecular formula is C21H33ClN4O4S. The van der Waals surface area contributed by atoms with Crippen molar-refractivity contribution in [3.63, 3.8) is 0 Å². The van der Waals surface area contributed by atoms with Gasteiger partial charge in [-0.05, 0) is 57.1 Å². The van der Waals surface area contributed by atoms with E-state index in [1.807, 2.05) is 0 Å². The van der Waals surface area contributed by atoms with Crippen molar-refractivity contribution in [2.45, 2.75) is 30.6 Å². The Balaban J connectivity index is 1.69. The second-order valence-electron chi connectivity index (χ2n) is 7.98. The summed E-state index contributed by atoms with van der Waals surface area (Å²) >= 11 is 6.18. The van der Waals surface area contributed by atoms with Gasteiger partial charge in [-0.15, -0.1) is 0 Å². The maximum atomic E-state index is 13.4. The molecule has 2 aliphatic rings. The second-order valence-corrected chi connectivity index (χ2v) is 10.3. The zero-order valence-corrected chi connectivity index (χ0v) is 19.8. The molecule has 0 bridgehead atoms. The lowest BCUT2D eigenvalue weighted by molar-refractivity contribution is -0.131. The normalized spacial score (nSPS) is 18.0. The van der Waals surface area contributed by atoms with E-state index in [9.17, 15) is 13.2 Å². The standard InChI is InChI=1S/C21H33ClN4O4S/c1-30-20-6-5-18(17-19(20)22)31(28,29)26(13-4-12-24-10-2-3-11-24)14-7-21(27)25-15-8-23-9-16-25/h5-6,17,23H,2-4,7-16H2,1H3. The summed E-state index contributed by atoms with van der Waals surface area (Å²) in [5.41, 5.74) is 0. The van der Waals surface area contributed by atoms with Crippen molar-refractivity contribution in [2.75, 3.05) is 66.0 Å². The summed E-state index contributed by atoms with van der Waals surface area (Å²) < 4.78 is 33.3. The van der Waals surface area contributed by atoms with Gasteiger partial charge in [0, 0.05) is 45.7 Å². The minimum atomic E-state index is -3.78. The molecule has 0 unspecified atom stereocenters. The van der Waals surface area contributed by atoms with Gasteiger partial charge in [-0.3, -0.25) is 4.79 Å². The molecule has 8 nitrogen and oxygen atoms in total. The molecule has 2 saturated heterocycles. The largest absolute Gasteiger partial charge is 0.495 e. The first-order valence-electron chi connectivity index (χ1n) is 11.0. The molecule has 2 fully saturated rings. The van der Waals surface area contributed by atoms with Gasteiger partial charge in [-0.2, -0.15) is 4.31 Å². The SMILES string of the molecule is COc1ccc(S(=O)(=O)N(CCCN2CCCC2)CCC(=O)N2CCNCC2)cc1Cl. The molecule has 2 heterocycles. The molecule has 1 aromatic rings. The smallest absolute Gasteiger partial charge is 0.243 e. The molecule has 2 aliphatic heterocycles. The van der Waals surface area contributed by atoms with Crippen molar-refractivity contribution in [1.29, 1.82) is 0 Å². The lowest BCUT2D eigenvalue weighted by Gasteiger charge is -2.29. The quantitative estimate of drug-likeness (QED) is 0.557. The van der Waals surface area contributed by atoms with Crippen LogP contribution in [0.25, 0.3) is 0 Å². The number of amides is 1. The number of nitrogens with zero attached hydrogens (tertiary/aromatic N) is 3. The van der Waals surface area contributed by atoms with Crippen LogP contribution >= 0.6 is 11.6 Å². The van der Waals surface area contributed by atoms with Crippen LogP contribution in [0.5, 0.6) is 5.75 Å². The van der Waals surface area contributed by atoms with Crippen LogP contribution in [0.3, 0.4) is 0 Å². The molecule has 31 heavy (non-hydrogen) atoms. The van der Waals surface area contributed by atoms with Crippen LogP contribution in [0.1, 0.15) is 25.7 Å². The number of rotatable bonds is 10. The van der Waals surface area contributed by atoms with Crippen molar-refractivity contribution < 1.29 is 17.9 Å². The lowest BCUT2D eigenvalue weighted by Crippen LogP contribution is -2.47. The fourth-order valence-corrected chi connectivity index (χ4v) is 5.91. The van der Waals surface area contributed by atoms with Crippen molar-refractivity contribution in [3.8, 4) is 5.75 Å². The number of sulfonamides is 1. The molecule has 1 N–H and O–H groups in total. The Morgan fingerprint density at radius 2 is 1.87 bits per heavy atom. The van der Waals surface area contributed by atoms with Gasteiger partial charge in [0.15, 0.2) is 0 Å². The molecular weight excluding hydrogens is 440 g/mol. The summed E-state index contributed by atoms with van der Waals surface area (Å²) in [6.07, 6.45) is 3.30. The third kappa shape index (κ3) is 6.55. The van der Waals surface area contributed by atoms with E-state index >= 15 is 0 Å². The molecule has 0 radical (unpaired) electrons. The Bertz CT molecular complexity index is 840. The van der Waals surface area contributed by atoms with E-state index in [2.05, 4.69) is 10.2 Å². The van der Waals surface area contributed by atoms with Crippen molar-refractivity contribution in [2.24, 2.45) is 0 Å². The first-order chi connectivity index (χ1) is 14.9. The van der Waals surface area contributed by atoms with Crippen LogP contribution in [0, 0.1) is 0 Å². The van der Waals surface area contributed by atoms with E-state index in [1.54, 1.807) is 11.0 Å². The molecule has 10 heteroatoms. The van der Waals surface area contributed by atoms with Crippen molar-refractivity contribution >= 4 is 27.5 Å². The van der Waals surface area contributed by atoms with E-state index in [0.29, 0.717) is 25.4 Å². The minimum Gasteiger partial charge on any atom is -0.495 e. The molecule has 0 aliphatic carbocycles. The van der Waals surface area contributed by atoms with Gasteiger partial charge in [-0.25, -0.2) is 8.42 Å². The molecule has 3 rings (SSSR count). The highest BCUT2D eigenvalue weighted by Crippen LogP contribution is 2.28. The molecule has 1 amide bonds. The van der Waals surface area contributed by atoms with E-state index in [1.165, 1.54) is 36.4 Å². The Morgan fingerprint density at radius 1 is 1.16 bits per heavy atom. The average Bonchev–Trinajstić information content (AvgIpc) is 3.29. The highest BCUT2D eigenvalue weighted by atomic mass is 35.5. The van der Waals surface area contributed by atoms with Gasteiger partial charge in [0.25, 0.3) is 0 Å². The van der Waals surface area contributed by atoms with Gasteiger partial charge in [0.05, 0.1) is 17.0 Å². The fraction of sp³-hybridized carbons (Fsp3) is 0.667. The third-order valence-corrected chi connectivity index (χ3v) is 8.08. The number of benzene rings is 1. The minimum absolute atomic E-state index is 0.00555. The zero-order chi connectivity index (χ0) is 22.3. The first-order valence-corrected chi connectivity index (χ1v) is 12.8. The number of carbonyl (C=O) groups excluding carboxylic acids is 1. The third-order valence-electron chi connectivity index (χ3n) is 5.89. The monoisotopic (exact) mass is 472 g/mol. The van der Waals surface area contributed by atoms with Gasteiger partial charge in [0.2, 0.25) is 15.9 Å². The van der Waals surface area contributed by atoms with E-state index in [-0.39, 0.29) is 28.8 Å². The number of hydrogen-bond donors (Lipinski definition) is 1. The Hall–Kier alpha value is -1.39. The summed E-state index contributed by atoms with van der Waals surface area (Å²) in [5, 5.41) is 3.47. The summed E-state index contributed by atoms with van der Waals surface area (Å²) in [5.74, 6) is 0.420. The maximum absolute atomic E-state index is 13.4. The van der Waals surface area contributed by atoms with Crippen LogP contribution in [0.2, 0.25) is 5.02 Å². The van der Waals surface area contributed by atoms with Crippen LogP contribution in [-0.2, 0) is 14.8 Å². The number of likely N-dealkylation sites (tertiary alicyclic amines) is 1. The lowest BCUT2D eigenvalue weighted by atomic mass is 10.3. The van der Waals surface area contributed by atoms with E-state index in [0.717, 1.165) is 39.1 Å². The number of carbonyl (C=O) groups is 1. The molecule has 0 saturated carbocycles. The van der Waals surface area contributed by atoms with Gasteiger partial charge in [-0.1, -0.05) is 11.6 Å². The van der Waals surface area contributed by atoms with Crippen molar-refractivity contribution in [3.05, 3.63) is 23.2 Å². The van der Waals surface area contributed by atoms with Crippen LogP contribution in [-0.4, -0.2) is 94.4 Å². The Labute approximate surface area is 190 Å². The number of halogens is 1. The first kappa shape index (κ1) is 24.3. The molecule has 174 valence electrons. The topological polar surface area (TPSA) is 82.2 Å². The van der Waals surface area contributed by atoms with Crippen molar-refractivity contribution in [1.82, 2.24) is 19.4 Å². The molecule has 0 aromatic heterocycles. The summed E-state index contributed by atoms with van der Waals surface area (Å²) in [7, 11) is -2.29. The van der Waals surface area contributed by atoms with Crippen LogP contribution in [0.15, 0.2) is 23.1 Å². The van der Waals surface area contributed by atoms with Crippen LogP contribution in [0.4, 0.5) is 0 Å². The predicted octanol–water partition coefficient (Wildman–Crippen LogP) is 1.65. The fourth-order valence-electron chi connectivity index (χ4n) is 4.08. The number of methoxy groups -OCH3 is 1. The average molecular weight is 473 g/mol. The predicted molar refractivity (Wildman–Crippen MR) is 121 cm³/mol. The van der Waals surface area contributed by atoms with Gasteiger partial charge < -0.3 is 19.9 Å². The van der Waals surface area contributed by atoms with Gasteiger partial charge in [0.1, 0.15) is 5.75 Å². The molecule has 1 aromatic carbocycles. The number of piperazine rings is 1. The van der Waals surface area contributed by atoms with Crippen LogP contribution < -0.4 is 10.1 Å². The summed E-state index contributed by atoms with van der Waals surface area (Å²) in [6.45, 7) is 6.41. The zero-order valence-electron chi connectivity index (χ0n) is 18.2. The highest BCUT2D eigenvalue weighted by Gasteiger charge is 2.27. The van der Waals surface area contributed by atoms with E-state index in [4.69, 9.17) is 16.3 Å². The number of hydrogen-bond acceptors (Lipinski definition) is 6. The summed E-state index contributed by atoms with van der Waals surface area (Å²) in [6, 6.07) is 4.48. The molecule has 0 spiro atoms. The second kappa shape index (κ2) is 11.5. The highest BCUT2D eigenvalue weighted by molar-refractivity contribution is 7.89. The summed E-state index contributed by atoms with van der Waals surface area (Å²) in [4.78, 5) is 16.9. The van der Waals surface area contributed by atoms with Gasteiger partial charge >= 0.3 is 0 Å². The number of ether oxygens (including phenoxy) is 1. The Kier molecular flexibility index (Phi) is 8.97. The maximum Gasteiger partial charge on any atom is 0.243 e. The Morgan fingerprint density at radius 3 is 2.52 bits per heavy atom. The number of nitrogens with one attached hydrogen (secondary N) is 1.